The van der Waals surface area contributed by atoms with Crippen molar-refractivity contribution in [3.8, 4) is 17.5 Å². The average Bonchev–Trinajstić information content (AvgIpc) is 3.59. The molecular weight excluding hydrogens is 577 g/mol. The van der Waals surface area contributed by atoms with Crippen molar-refractivity contribution in [2.75, 3.05) is 31.8 Å². The molecular formula is C26H30FN5O9S. The number of benzene rings is 1. The summed E-state index contributed by atoms with van der Waals surface area (Å²) in [5.74, 6) is -2.21. The Labute approximate surface area is 240 Å². The predicted molar refractivity (Wildman–Crippen MR) is 143 cm³/mol. The molecule has 1 N–H and O–H groups in total. The van der Waals surface area contributed by atoms with Gasteiger partial charge in [0.2, 0.25) is 5.03 Å². The summed E-state index contributed by atoms with van der Waals surface area (Å²) in [5.41, 5.74) is -1.94. The summed E-state index contributed by atoms with van der Waals surface area (Å²) in [6.07, 6.45) is 2.29. The van der Waals surface area contributed by atoms with Gasteiger partial charge in [0.15, 0.2) is 17.2 Å². The Kier molecular flexibility index (Phi) is 7.72. The maximum atomic E-state index is 14.5. The van der Waals surface area contributed by atoms with Gasteiger partial charge in [-0.3, -0.25) is 4.90 Å². The van der Waals surface area contributed by atoms with Crippen LogP contribution in [0.25, 0.3) is 11.7 Å². The lowest BCUT2D eigenvalue weighted by Gasteiger charge is -2.41. The third-order valence-corrected chi connectivity index (χ3v) is 9.28. The van der Waals surface area contributed by atoms with E-state index in [2.05, 4.69) is 9.97 Å². The third kappa shape index (κ3) is 4.98. The SMILES string of the molecule is COc1ccc(F)cc1[C@H](CN1C(=O)N(C(C)(C)C(=O)O)S(=O)(=O)c2c1nc(-c1ncco1)n2C)OC1CCOCC1. The van der Waals surface area contributed by atoms with Gasteiger partial charge in [-0.15, -0.1) is 0 Å². The van der Waals surface area contributed by atoms with Gasteiger partial charge in [0.25, 0.3) is 15.9 Å². The van der Waals surface area contributed by atoms with E-state index in [0.29, 0.717) is 30.4 Å². The number of amides is 2. The van der Waals surface area contributed by atoms with Crippen molar-refractivity contribution in [2.45, 2.75) is 49.5 Å². The number of oxazole rings is 1. The minimum absolute atomic E-state index is 0.0217. The van der Waals surface area contributed by atoms with Crippen LogP contribution in [0.4, 0.5) is 15.0 Å². The van der Waals surface area contributed by atoms with Gasteiger partial charge in [-0.1, -0.05) is 0 Å². The number of ether oxygens (including phenoxy) is 3. The van der Waals surface area contributed by atoms with E-state index >= 15 is 0 Å². The quantitative estimate of drug-likeness (QED) is 0.380. The van der Waals surface area contributed by atoms with Crippen LogP contribution in [0.15, 0.2) is 40.1 Å². The number of carbonyl (C=O) groups is 2. The number of carboxylic acids is 1. The van der Waals surface area contributed by atoms with E-state index < -0.39 is 44.5 Å². The van der Waals surface area contributed by atoms with E-state index in [-0.39, 0.29) is 41.5 Å². The summed E-state index contributed by atoms with van der Waals surface area (Å²) in [5, 5.41) is 9.50. The van der Waals surface area contributed by atoms with Crippen LogP contribution in [-0.2, 0) is 31.3 Å². The number of fused-ring (bicyclic) bond motifs is 1. The highest BCUT2D eigenvalue weighted by Crippen LogP contribution is 2.42. The monoisotopic (exact) mass is 607 g/mol. The fourth-order valence-corrected chi connectivity index (χ4v) is 7.00. The summed E-state index contributed by atoms with van der Waals surface area (Å²) in [6, 6.07) is 2.66. The van der Waals surface area contributed by atoms with Crippen LogP contribution >= 0.6 is 0 Å². The van der Waals surface area contributed by atoms with Gasteiger partial charge in [0.1, 0.15) is 23.9 Å². The van der Waals surface area contributed by atoms with E-state index in [9.17, 15) is 27.5 Å². The van der Waals surface area contributed by atoms with E-state index in [1.54, 1.807) is 0 Å². The first-order valence-electron chi connectivity index (χ1n) is 13.0. The number of anilines is 1. The van der Waals surface area contributed by atoms with E-state index in [1.165, 1.54) is 44.8 Å². The van der Waals surface area contributed by atoms with Gasteiger partial charge in [0, 0.05) is 25.8 Å². The molecule has 14 nitrogen and oxygen atoms in total. The number of halogens is 1. The molecule has 2 aromatic heterocycles. The summed E-state index contributed by atoms with van der Waals surface area (Å²) < 4.78 is 66.5. The number of rotatable bonds is 9. The molecule has 42 heavy (non-hydrogen) atoms. The number of hydrogen-bond acceptors (Lipinski definition) is 10. The normalized spacial score (nSPS) is 18.2. The number of urea groups is 1. The smallest absolute Gasteiger partial charge is 0.340 e. The first kappa shape index (κ1) is 29.5. The Hall–Kier alpha value is -4.02. The van der Waals surface area contributed by atoms with Gasteiger partial charge < -0.3 is 28.3 Å². The van der Waals surface area contributed by atoms with Crippen LogP contribution in [0.5, 0.6) is 5.75 Å². The molecule has 2 aliphatic heterocycles. The predicted octanol–water partition coefficient (Wildman–Crippen LogP) is 2.95. The highest BCUT2D eigenvalue weighted by atomic mass is 32.2. The van der Waals surface area contributed by atoms with Gasteiger partial charge in [-0.25, -0.2) is 23.9 Å². The van der Waals surface area contributed by atoms with Crippen molar-refractivity contribution in [1.29, 1.82) is 0 Å². The van der Waals surface area contributed by atoms with Crippen LogP contribution in [-0.4, -0.2) is 82.9 Å². The molecule has 1 aromatic carbocycles. The van der Waals surface area contributed by atoms with Gasteiger partial charge in [-0.05, 0) is 44.9 Å². The lowest BCUT2D eigenvalue weighted by atomic mass is 10.0. The number of carboxylic acid groups (broad SMARTS) is 1. The van der Waals surface area contributed by atoms with Crippen molar-refractivity contribution < 1.29 is 46.1 Å². The number of carbonyl (C=O) groups excluding carboxylic acids is 1. The maximum Gasteiger partial charge on any atom is 0.340 e. The minimum Gasteiger partial charge on any atom is -0.496 e. The lowest BCUT2D eigenvalue weighted by Crippen LogP contribution is -2.62. The molecule has 0 spiro atoms. The summed E-state index contributed by atoms with van der Waals surface area (Å²) in [6.45, 7) is 2.70. The molecule has 16 heteroatoms. The van der Waals surface area contributed by atoms with E-state index in [4.69, 9.17) is 18.6 Å². The van der Waals surface area contributed by atoms with Gasteiger partial charge in [0.05, 0.1) is 26.0 Å². The molecule has 1 saturated heterocycles. The number of hydrogen-bond donors (Lipinski definition) is 1. The molecule has 0 unspecified atom stereocenters. The van der Waals surface area contributed by atoms with Crippen molar-refractivity contribution in [3.63, 3.8) is 0 Å². The van der Waals surface area contributed by atoms with Crippen LogP contribution < -0.4 is 9.64 Å². The van der Waals surface area contributed by atoms with Crippen molar-refractivity contribution in [2.24, 2.45) is 7.05 Å². The largest absolute Gasteiger partial charge is 0.496 e. The molecule has 3 aromatic rings. The van der Waals surface area contributed by atoms with Gasteiger partial charge in [-0.2, -0.15) is 12.7 Å². The minimum atomic E-state index is -4.77. The summed E-state index contributed by atoms with van der Waals surface area (Å²) >= 11 is 0. The second-order valence-electron chi connectivity index (χ2n) is 10.3. The second-order valence-corrected chi connectivity index (χ2v) is 12.0. The summed E-state index contributed by atoms with van der Waals surface area (Å²) in [7, 11) is -1.98. The standard InChI is InChI=1S/C26H30FN5O9S/c1-26(2,24(33)34)32-25(35)31(21-23(42(32,36)37)30(3)20(29-21)22-28-9-12-40-22)14-19(41-16-7-10-39-11-8-16)17-13-15(27)5-6-18(17)38-4/h5-6,9,12-13,16,19H,7-8,10-11,14H2,1-4H3,(H,33,34)/t19-/m0/s1. The zero-order valence-electron chi connectivity index (χ0n) is 23.3. The Morgan fingerprint density at radius 3 is 2.62 bits per heavy atom. The fourth-order valence-electron chi connectivity index (χ4n) is 5.02. The Morgan fingerprint density at radius 1 is 1.29 bits per heavy atom. The van der Waals surface area contributed by atoms with Gasteiger partial charge >= 0.3 is 12.0 Å². The zero-order chi connectivity index (χ0) is 30.4. The topological polar surface area (TPSA) is 167 Å². The molecule has 2 amide bonds. The number of sulfonamides is 1. The van der Waals surface area contributed by atoms with Crippen molar-refractivity contribution in [3.05, 3.63) is 42.0 Å². The number of aromatic nitrogens is 3. The molecule has 4 heterocycles. The third-order valence-electron chi connectivity index (χ3n) is 7.24. The molecule has 1 atom stereocenters. The fraction of sp³-hybridized carbons (Fsp3) is 0.462. The zero-order valence-corrected chi connectivity index (χ0v) is 24.1. The second kappa shape index (κ2) is 11.0. The molecule has 2 aliphatic rings. The number of nitrogens with zero attached hydrogens (tertiary/aromatic N) is 5. The Bertz CT molecular complexity index is 1600. The van der Waals surface area contributed by atoms with E-state index in [0.717, 1.165) is 23.3 Å². The Balaban J connectivity index is 1.69. The molecule has 226 valence electrons. The summed E-state index contributed by atoms with van der Waals surface area (Å²) in [4.78, 5) is 35.8. The molecule has 0 bridgehead atoms. The number of methoxy groups -OCH3 is 1. The number of aliphatic carboxylic acids is 1. The van der Waals surface area contributed by atoms with Crippen LogP contribution in [0, 0.1) is 5.82 Å². The molecule has 0 saturated carbocycles. The van der Waals surface area contributed by atoms with Crippen molar-refractivity contribution in [1.82, 2.24) is 18.8 Å². The highest BCUT2D eigenvalue weighted by Gasteiger charge is 2.55. The first-order chi connectivity index (χ1) is 19.9. The molecule has 0 aliphatic carbocycles. The average molecular weight is 608 g/mol. The molecule has 0 radical (unpaired) electrons. The molecule has 1 fully saturated rings. The maximum absolute atomic E-state index is 14.5. The first-order valence-corrected chi connectivity index (χ1v) is 14.5. The van der Waals surface area contributed by atoms with Crippen LogP contribution in [0.3, 0.4) is 0 Å². The highest BCUT2D eigenvalue weighted by molar-refractivity contribution is 7.90. The Morgan fingerprint density at radius 2 is 2.00 bits per heavy atom. The number of imidazole rings is 1. The van der Waals surface area contributed by atoms with Crippen molar-refractivity contribution >= 4 is 27.8 Å². The van der Waals surface area contributed by atoms with Crippen LogP contribution in [0.1, 0.15) is 38.4 Å². The van der Waals surface area contributed by atoms with Crippen LogP contribution in [0.2, 0.25) is 0 Å². The lowest BCUT2D eigenvalue weighted by molar-refractivity contribution is -0.145. The van der Waals surface area contributed by atoms with E-state index in [1.807, 2.05) is 0 Å². The molecule has 5 rings (SSSR count).